The zero-order valence-electron chi connectivity index (χ0n) is 13.9. The van der Waals surface area contributed by atoms with Gasteiger partial charge in [-0.05, 0) is 44.2 Å². The summed E-state index contributed by atoms with van der Waals surface area (Å²) in [5, 5.41) is 0. The number of rotatable bonds is 3. The Balaban J connectivity index is 0.00000288. The molecule has 2 rings (SSSR count). The molecule has 24 heavy (non-hydrogen) atoms. The number of carbonyl (C=O) groups excluding carboxylic acids is 1. The topological polar surface area (TPSA) is 46.3 Å². The van der Waals surface area contributed by atoms with Gasteiger partial charge in [-0.25, -0.2) is 0 Å². The fraction of sp³-hybridized carbons (Fsp3) is 0.588. The maximum Gasteiger partial charge on any atom is 0.408 e. The number of hydrogen-bond acceptors (Lipinski definition) is 2. The van der Waals surface area contributed by atoms with Gasteiger partial charge < -0.3 is 10.6 Å². The van der Waals surface area contributed by atoms with Crippen LogP contribution >= 0.6 is 12.4 Å². The largest absolute Gasteiger partial charge is 0.408 e. The van der Waals surface area contributed by atoms with Crippen molar-refractivity contribution in [3.8, 4) is 0 Å². The lowest BCUT2D eigenvalue weighted by molar-refractivity contribution is -0.196. The molecule has 1 fully saturated rings. The highest BCUT2D eigenvalue weighted by Crippen LogP contribution is 2.32. The number of nitrogens with two attached hydrogens (primary N) is 1. The van der Waals surface area contributed by atoms with Crippen LogP contribution in [0.4, 0.5) is 13.2 Å². The van der Waals surface area contributed by atoms with E-state index in [2.05, 4.69) is 0 Å². The van der Waals surface area contributed by atoms with Crippen LogP contribution in [0.25, 0.3) is 0 Å². The van der Waals surface area contributed by atoms with Crippen molar-refractivity contribution in [2.75, 3.05) is 6.54 Å². The molecule has 2 atom stereocenters. The Morgan fingerprint density at radius 3 is 2.54 bits per heavy atom. The van der Waals surface area contributed by atoms with Crippen molar-refractivity contribution in [2.24, 2.45) is 5.73 Å². The average Bonchev–Trinajstić information content (AvgIpc) is 2.44. The van der Waals surface area contributed by atoms with Crippen molar-refractivity contribution in [3.05, 3.63) is 34.9 Å². The molecule has 0 saturated carbocycles. The summed E-state index contributed by atoms with van der Waals surface area (Å²) in [4.78, 5) is 13.3. The number of hydrogen-bond donors (Lipinski definition) is 1. The molecule has 1 aromatic carbocycles. The van der Waals surface area contributed by atoms with E-state index < -0.39 is 18.1 Å². The number of nitrogens with zero attached hydrogens (tertiary/aromatic N) is 1. The van der Waals surface area contributed by atoms with E-state index in [0.717, 1.165) is 21.6 Å². The minimum atomic E-state index is -4.39. The molecule has 2 N–H and O–H groups in total. The zero-order valence-corrected chi connectivity index (χ0v) is 14.7. The minimum Gasteiger partial charge on any atom is -0.329 e. The quantitative estimate of drug-likeness (QED) is 0.891. The van der Waals surface area contributed by atoms with Gasteiger partial charge in [-0.1, -0.05) is 23.8 Å². The number of likely N-dealkylation sites (tertiary alicyclic amines) is 1. The van der Waals surface area contributed by atoms with Crippen LogP contribution in [0.3, 0.4) is 0 Å². The molecule has 1 aliphatic heterocycles. The number of halogens is 4. The Bertz CT molecular complexity index is 577. The van der Waals surface area contributed by atoms with E-state index in [1.165, 1.54) is 0 Å². The minimum absolute atomic E-state index is 0. The Morgan fingerprint density at radius 1 is 1.29 bits per heavy atom. The summed E-state index contributed by atoms with van der Waals surface area (Å²) >= 11 is 0. The van der Waals surface area contributed by atoms with E-state index in [4.69, 9.17) is 5.73 Å². The van der Waals surface area contributed by atoms with E-state index in [1.54, 1.807) is 0 Å². The van der Waals surface area contributed by atoms with Gasteiger partial charge >= 0.3 is 6.18 Å². The van der Waals surface area contributed by atoms with Crippen LogP contribution in [-0.4, -0.2) is 35.6 Å². The average molecular weight is 365 g/mol. The standard InChI is InChI=1S/C17H23F3N2O.ClH/c1-11-3-4-13(12(2)9-11)5-8-16(23)22-10-14(21)6-7-15(22)17(18,19)20;/h3-4,9,14-15H,5-8,10,21H2,1-2H3;1H. The van der Waals surface area contributed by atoms with Crippen LogP contribution in [0.1, 0.15) is 36.0 Å². The third-order valence-corrected chi connectivity index (χ3v) is 4.42. The van der Waals surface area contributed by atoms with Crippen molar-refractivity contribution in [2.45, 2.75) is 57.8 Å². The number of amides is 1. The molecule has 3 nitrogen and oxygen atoms in total. The van der Waals surface area contributed by atoms with Gasteiger partial charge in [-0.15, -0.1) is 12.4 Å². The van der Waals surface area contributed by atoms with E-state index in [9.17, 15) is 18.0 Å². The molecule has 0 spiro atoms. The SMILES string of the molecule is Cc1ccc(CCC(=O)N2CC(N)CCC2C(F)(F)F)c(C)c1.Cl. The summed E-state index contributed by atoms with van der Waals surface area (Å²) in [5.74, 6) is -0.470. The first-order chi connectivity index (χ1) is 10.7. The summed E-state index contributed by atoms with van der Waals surface area (Å²) in [6.07, 6.45) is -3.69. The third kappa shape index (κ3) is 5.11. The summed E-state index contributed by atoms with van der Waals surface area (Å²) in [7, 11) is 0. The number of benzene rings is 1. The molecule has 2 unspecified atom stereocenters. The van der Waals surface area contributed by atoms with Gasteiger partial charge in [0.2, 0.25) is 5.91 Å². The van der Waals surface area contributed by atoms with Gasteiger partial charge in [0.25, 0.3) is 0 Å². The van der Waals surface area contributed by atoms with Crippen molar-refractivity contribution in [1.29, 1.82) is 0 Å². The molecule has 136 valence electrons. The fourth-order valence-corrected chi connectivity index (χ4v) is 3.13. The molecule has 1 aromatic rings. The Hall–Kier alpha value is -1.27. The fourth-order valence-electron chi connectivity index (χ4n) is 3.13. The maximum absolute atomic E-state index is 13.1. The summed E-state index contributed by atoms with van der Waals surface area (Å²) in [6, 6.07) is 3.81. The number of carbonyl (C=O) groups is 1. The second-order valence-electron chi connectivity index (χ2n) is 6.37. The lowest BCUT2D eigenvalue weighted by Crippen LogP contribution is -2.56. The third-order valence-electron chi connectivity index (χ3n) is 4.42. The van der Waals surface area contributed by atoms with Crippen molar-refractivity contribution < 1.29 is 18.0 Å². The predicted octanol–water partition coefficient (Wildman–Crippen LogP) is 3.54. The molecule has 0 bridgehead atoms. The molecule has 1 aliphatic rings. The van der Waals surface area contributed by atoms with Gasteiger partial charge in [0.1, 0.15) is 6.04 Å². The molecule has 7 heteroatoms. The highest BCUT2D eigenvalue weighted by molar-refractivity contribution is 5.85. The first kappa shape index (κ1) is 20.8. The highest BCUT2D eigenvalue weighted by atomic mass is 35.5. The van der Waals surface area contributed by atoms with E-state index in [0.29, 0.717) is 12.8 Å². The van der Waals surface area contributed by atoms with Crippen molar-refractivity contribution in [3.63, 3.8) is 0 Å². The molecule has 0 radical (unpaired) electrons. The first-order valence-electron chi connectivity index (χ1n) is 7.86. The van der Waals surface area contributed by atoms with Crippen LogP contribution in [0.5, 0.6) is 0 Å². The summed E-state index contributed by atoms with van der Waals surface area (Å²) in [5.41, 5.74) is 8.93. The lowest BCUT2D eigenvalue weighted by Gasteiger charge is -2.39. The molecule has 1 amide bonds. The smallest absolute Gasteiger partial charge is 0.329 e. The normalized spacial score (nSPS) is 21.3. The lowest BCUT2D eigenvalue weighted by atomic mass is 9.96. The summed E-state index contributed by atoms with van der Waals surface area (Å²) in [6.45, 7) is 3.91. The molecule has 1 saturated heterocycles. The van der Waals surface area contributed by atoms with Gasteiger partial charge in [0.05, 0.1) is 0 Å². The van der Waals surface area contributed by atoms with Crippen LogP contribution in [-0.2, 0) is 11.2 Å². The zero-order chi connectivity index (χ0) is 17.2. The molecular weight excluding hydrogens is 341 g/mol. The molecule has 0 aliphatic carbocycles. The second kappa shape index (κ2) is 8.21. The van der Waals surface area contributed by atoms with Crippen LogP contribution in [0.2, 0.25) is 0 Å². The van der Waals surface area contributed by atoms with Crippen LogP contribution in [0.15, 0.2) is 18.2 Å². The van der Waals surface area contributed by atoms with Crippen molar-refractivity contribution in [1.82, 2.24) is 4.90 Å². The molecule has 1 heterocycles. The number of piperidine rings is 1. The highest BCUT2D eigenvalue weighted by Gasteiger charge is 2.47. The predicted molar refractivity (Wildman–Crippen MR) is 90.3 cm³/mol. The van der Waals surface area contributed by atoms with Gasteiger partial charge in [-0.3, -0.25) is 4.79 Å². The molecular formula is C17H24ClF3N2O. The van der Waals surface area contributed by atoms with E-state index >= 15 is 0 Å². The van der Waals surface area contributed by atoms with Gasteiger partial charge in [0.15, 0.2) is 0 Å². The van der Waals surface area contributed by atoms with Crippen LogP contribution in [0, 0.1) is 13.8 Å². The monoisotopic (exact) mass is 364 g/mol. The number of alkyl halides is 3. The first-order valence-corrected chi connectivity index (χ1v) is 7.86. The Morgan fingerprint density at radius 2 is 1.96 bits per heavy atom. The van der Waals surface area contributed by atoms with E-state index in [1.807, 2.05) is 32.0 Å². The van der Waals surface area contributed by atoms with Gasteiger partial charge in [0, 0.05) is 19.0 Å². The van der Waals surface area contributed by atoms with E-state index in [-0.39, 0.29) is 37.8 Å². The Kier molecular flexibility index (Phi) is 7.10. The van der Waals surface area contributed by atoms with Crippen LogP contribution < -0.4 is 5.73 Å². The Labute approximate surface area is 146 Å². The second-order valence-corrected chi connectivity index (χ2v) is 6.37. The van der Waals surface area contributed by atoms with Crippen molar-refractivity contribution >= 4 is 18.3 Å². The van der Waals surface area contributed by atoms with Gasteiger partial charge in [-0.2, -0.15) is 13.2 Å². The number of aryl methyl sites for hydroxylation is 3. The molecule has 0 aromatic heterocycles. The summed E-state index contributed by atoms with van der Waals surface area (Å²) < 4.78 is 39.3. The maximum atomic E-state index is 13.1.